The van der Waals surface area contributed by atoms with Crippen LogP contribution < -0.4 is 9.47 Å². The quantitative estimate of drug-likeness (QED) is 0.622. The SMILES string of the molecule is COc1ncc(F)cc1[C@H](C)Oc1cccnc1[N+](=O)[O-]. The summed E-state index contributed by atoms with van der Waals surface area (Å²) in [5, 5.41) is 10.9. The van der Waals surface area contributed by atoms with Crippen LogP contribution in [-0.2, 0) is 0 Å². The summed E-state index contributed by atoms with van der Waals surface area (Å²) in [6.07, 6.45) is 1.60. The van der Waals surface area contributed by atoms with Crippen molar-refractivity contribution in [3.8, 4) is 11.6 Å². The lowest BCUT2D eigenvalue weighted by Crippen LogP contribution is -2.08. The number of ether oxygens (including phenoxy) is 2. The van der Waals surface area contributed by atoms with E-state index in [0.29, 0.717) is 5.56 Å². The van der Waals surface area contributed by atoms with Gasteiger partial charge in [0.2, 0.25) is 11.6 Å². The van der Waals surface area contributed by atoms with E-state index in [4.69, 9.17) is 9.47 Å². The molecule has 21 heavy (non-hydrogen) atoms. The maximum Gasteiger partial charge on any atom is 0.406 e. The van der Waals surface area contributed by atoms with Crippen molar-refractivity contribution in [2.45, 2.75) is 13.0 Å². The van der Waals surface area contributed by atoms with Crippen molar-refractivity contribution in [2.75, 3.05) is 7.11 Å². The fourth-order valence-corrected chi connectivity index (χ4v) is 1.77. The van der Waals surface area contributed by atoms with E-state index in [-0.39, 0.29) is 11.6 Å². The van der Waals surface area contributed by atoms with E-state index in [1.807, 2.05) is 0 Å². The number of pyridine rings is 2. The van der Waals surface area contributed by atoms with Crippen molar-refractivity contribution in [3.05, 3.63) is 52.1 Å². The highest BCUT2D eigenvalue weighted by Gasteiger charge is 2.21. The minimum Gasteiger partial charge on any atom is -0.481 e. The summed E-state index contributed by atoms with van der Waals surface area (Å²) in [6.45, 7) is 1.61. The van der Waals surface area contributed by atoms with Crippen molar-refractivity contribution >= 4 is 5.82 Å². The van der Waals surface area contributed by atoms with Crippen LogP contribution in [0.1, 0.15) is 18.6 Å². The van der Waals surface area contributed by atoms with E-state index >= 15 is 0 Å². The average molecular weight is 293 g/mol. The maximum atomic E-state index is 13.3. The van der Waals surface area contributed by atoms with Crippen LogP contribution in [0.15, 0.2) is 30.6 Å². The molecule has 7 nitrogen and oxygen atoms in total. The molecule has 2 heterocycles. The van der Waals surface area contributed by atoms with Crippen molar-refractivity contribution in [2.24, 2.45) is 0 Å². The predicted molar refractivity (Wildman–Crippen MR) is 70.7 cm³/mol. The van der Waals surface area contributed by atoms with Gasteiger partial charge < -0.3 is 19.6 Å². The zero-order valence-electron chi connectivity index (χ0n) is 11.3. The smallest absolute Gasteiger partial charge is 0.406 e. The van der Waals surface area contributed by atoms with Crippen LogP contribution in [0.25, 0.3) is 0 Å². The third-order valence-electron chi connectivity index (χ3n) is 2.70. The third kappa shape index (κ3) is 3.22. The molecule has 0 saturated carbocycles. The van der Waals surface area contributed by atoms with Crippen molar-refractivity contribution in [1.82, 2.24) is 9.97 Å². The number of hydrogen-bond donors (Lipinski definition) is 0. The van der Waals surface area contributed by atoms with Crippen molar-refractivity contribution in [3.63, 3.8) is 0 Å². The van der Waals surface area contributed by atoms with Crippen LogP contribution in [0, 0.1) is 15.9 Å². The highest BCUT2D eigenvalue weighted by atomic mass is 19.1. The van der Waals surface area contributed by atoms with E-state index in [1.54, 1.807) is 6.92 Å². The summed E-state index contributed by atoms with van der Waals surface area (Å²) < 4.78 is 23.8. The second-order valence-electron chi connectivity index (χ2n) is 4.09. The van der Waals surface area contributed by atoms with Gasteiger partial charge >= 0.3 is 5.82 Å². The Morgan fingerprint density at radius 3 is 2.86 bits per heavy atom. The van der Waals surface area contributed by atoms with Gasteiger partial charge in [-0.15, -0.1) is 0 Å². The van der Waals surface area contributed by atoms with Gasteiger partial charge in [-0.3, -0.25) is 0 Å². The second kappa shape index (κ2) is 6.12. The number of methoxy groups -OCH3 is 1. The third-order valence-corrected chi connectivity index (χ3v) is 2.70. The zero-order chi connectivity index (χ0) is 15.4. The Balaban J connectivity index is 2.32. The van der Waals surface area contributed by atoms with Gasteiger partial charge in [-0.1, -0.05) is 0 Å². The second-order valence-corrected chi connectivity index (χ2v) is 4.09. The molecule has 110 valence electrons. The molecule has 0 N–H and O–H groups in total. The monoisotopic (exact) mass is 293 g/mol. The minimum absolute atomic E-state index is 0.0127. The van der Waals surface area contributed by atoms with E-state index in [1.165, 1.54) is 31.5 Å². The summed E-state index contributed by atoms with van der Waals surface area (Å²) in [7, 11) is 1.39. The van der Waals surface area contributed by atoms with Gasteiger partial charge in [-0.25, -0.2) is 9.37 Å². The van der Waals surface area contributed by atoms with Crippen molar-refractivity contribution < 1.29 is 18.8 Å². The Labute approximate surface area is 119 Å². The minimum atomic E-state index is -0.703. The van der Waals surface area contributed by atoms with Gasteiger partial charge in [0.15, 0.2) is 0 Å². The van der Waals surface area contributed by atoms with Crippen LogP contribution in [0.5, 0.6) is 11.6 Å². The van der Waals surface area contributed by atoms with Crippen LogP contribution in [0.2, 0.25) is 0 Å². The highest BCUT2D eigenvalue weighted by molar-refractivity contribution is 5.39. The fraction of sp³-hybridized carbons (Fsp3) is 0.231. The van der Waals surface area contributed by atoms with Gasteiger partial charge in [0.1, 0.15) is 18.1 Å². The lowest BCUT2D eigenvalue weighted by Gasteiger charge is -2.16. The predicted octanol–water partition coefficient (Wildman–Crippen LogP) is 2.67. The highest BCUT2D eigenvalue weighted by Crippen LogP contribution is 2.31. The number of halogens is 1. The van der Waals surface area contributed by atoms with Gasteiger partial charge in [-0.05, 0) is 35.0 Å². The number of rotatable bonds is 5. The van der Waals surface area contributed by atoms with Crippen LogP contribution in [-0.4, -0.2) is 22.0 Å². The number of nitro groups is 1. The number of nitrogens with zero attached hydrogens (tertiary/aromatic N) is 3. The molecular weight excluding hydrogens is 281 g/mol. The zero-order valence-corrected chi connectivity index (χ0v) is 11.3. The first-order chi connectivity index (χ1) is 10.0. The first-order valence-corrected chi connectivity index (χ1v) is 5.98. The van der Waals surface area contributed by atoms with Crippen LogP contribution in [0.4, 0.5) is 10.2 Å². The molecule has 8 heteroatoms. The van der Waals surface area contributed by atoms with Crippen LogP contribution in [0.3, 0.4) is 0 Å². The first kappa shape index (κ1) is 14.6. The molecule has 0 unspecified atom stereocenters. The van der Waals surface area contributed by atoms with E-state index in [2.05, 4.69) is 9.97 Å². The molecular formula is C13H12FN3O4. The normalized spacial score (nSPS) is 11.8. The Morgan fingerprint density at radius 2 is 2.19 bits per heavy atom. The molecule has 0 aliphatic rings. The molecule has 0 saturated heterocycles. The summed E-state index contributed by atoms with van der Waals surface area (Å²) in [6, 6.07) is 4.13. The van der Waals surface area contributed by atoms with Crippen molar-refractivity contribution in [1.29, 1.82) is 0 Å². The molecule has 2 rings (SSSR count). The first-order valence-electron chi connectivity index (χ1n) is 5.98. The number of hydrogen-bond acceptors (Lipinski definition) is 6. The lowest BCUT2D eigenvalue weighted by molar-refractivity contribution is -0.390. The lowest BCUT2D eigenvalue weighted by atomic mass is 10.1. The number of aromatic nitrogens is 2. The van der Waals surface area contributed by atoms with E-state index < -0.39 is 22.7 Å². The van der Waals surface area contributed by atoms with Gasteiger partial charge in [0.05, 0.1) is 18.9 Å². The van der Waals surface area contributed by atoms with Gasteiger partial charge in [-0.2, -0.15) is 0 Å². The standard InChI is InChI=1S/C13H12FN3O4/c1-8(10-6-9(14)7-16-13(10)20-2)21-11-4-3-5-15-12(11)17(18)19/h3-8H,1-2H3/t8-/m0/s1. The maximum absolute atomic E-state index is 13.3. The molecule has 2 aromatic heterocycles. The fourth-order valence-electron chi connectivity index (χ4n) is 1.77. The Hall–Kier alpha value is -2.77. The summed E-state index contributed by atoms with van der Waals surface area (Å²) in [4.78, 5) is 17.7. The summed E-state index contributed by atoms with van der Waals surface area (Å²) in [5.41, 5.74) is 0.343. The Kier molecular flexibility index (Phi) is 4.27. The largest absolute Gasteiger partial charge is 0.481 e. The Morgan fingerprint density at radius 1 is 1.43 bits per heavy atom. The average Bonchev–Trinajstić information content (AvgIpc) is 2.47. The van der Waals surface area contributed by atoms with Gasteiger partial charge in [0, 0.05) is 0 Å². The molecule has 0 fully saturated rings. The molecule has 0 aromatic carbocycles. The van der Waals surface area contributed by atoms with Crippen LogP contribution >= 0.6 is 0 Å². The summed E-state index contributed by atoms with van der Waals surface area (Å²) >= 11 is 0. The molecule has 0 aliphatic heterocycles. The Bertz CT molecular complexity index is 666. The topological polar surface area (TPSA) is 87.4 Å². The van der Waals surface area contributed by atoms with E-state index in [0.717, 1.165) is 6.20 Å². The molecule has 0 amide bonds. The molecule has 0 bridgehead atoms. The van der Waals surface area contributed by atoms with E-state index in [9.17, 15) is 14.5 Å². The molecule has 2 aromatic rings. The van der Waals surface area contributed by atoms with Gasteiger partial charge in [0.25, 0.3) is 0 Å². The molecule has 0 aliphatic carbocycles. The molecule has 1 atom stereocenters. The molecule has 0 spiro atoms. The summed E-state index contributed by atoms with van der Waals surface area (Å²) in [5.74, 6) is -0.786. The molecule has 0 radical (unpaired) electrons.